The first-order valence-corrected chi connectivity index (χ1v) is 4.86. The first-order chi connectivity index (χ1) is 5.90. The molecular weight excluding hydrogens is 168 g/mol. The molecule has 3 nitrogen and oxygen atoms in total. The van der Waals surface area contributed by atoms with Gasteiger partial charge in [0.25, 0.3) is 0 Å². The Kier molecular flexibility index (Phi) is 2.66. The van der Waals surface area contributed by atoms with Crippen molar-refractivity contribution >= 4 is 5.97 Å². The Labute approximate surface area is 78.8 Å². The first kappa shape index (κ1) is 10.5. The van der Waals surface area contributed by atoms with E-state index in [1.54, 1.807) is 13.8 Å². The number of carboxylic acid groups (broad SMARTS) is 1. The van der Waals surface area contributed by atoms with Crippen molar-refractivity contribution in [3.63, 3.8) is 0 Å². The zero-order valence-electron chi connectivity index (χ0n) is 8.34. The molecule has 0 saturated heterocycles. The maximum absolute atomic E-state index is 11.0. The molecule has 0 radical (unpaired) electrons. The molecule has 0 heterocycles. The van der Waals surface area contributed by atoms with Crippen molar-refractivity contribution in [2.45, 2.75) is 51.6 Å². The Hall–Kier alpha value is -0.570. The molecule has 3 heteroatoms. The summed E-state index contributed by atoms with van der Waals surface area (Å²) >= 11 is 0. The van der Waals surface area contributed by atoms with Gasteiger partial charge >= 0.3 is 5.97 Å². The summed E-state index contributed by atoms with van der Waals surface area (Å²) in [5.41, 5.74) is -2.02. The predicted molar refractivity (Wildman–Crippen MR) is 49.5 cm³/mol. The maximum Gasteiger partial charge on any atom is 0.312 e. The summed E-state index contributed by atoms with van der Waals surface area (Å²) in [5.74, 6) is -0.906. The van der Waals surface area contributed by atoms with E-state index >= 15 is 0 Å². The topological polar surface area (TPSA) is 57.5 Å². The van der Waals surface area contributed by atoms with E-state index in [4.69, 9.17) is 5.11 Å². The van der Waals surface area contributed by atoms with Crippen molar-refractivity contribution < 1.29 is 15.0 Å². The molecule has 0 bridgehead atoms. The molecule has 13 heavy (non-hydrogen) atoms. The van der Waals surface area contributed by atoms with Crippen molar-refractivity contribution in [1.29, 1.82) is 0 Å². The molecule has 0 aromatic rings. The van der Waals surface area contributed by atoms with Gasteiger partial charge in [-0.1, -0.05) is 19.3 Å². The number of carbonyl (C=O) groups is 1. The third kappa shape index (κ3) is 1.70. The van der Waals surface area contributed by atoms with Crippen molar-refractivity contribution in [2.24, 2.45) is 5.41 Å². The van der Waals surface area contributed by atoms with Crippen LogP contribution in [0.2, 0.25) is 0 Å². The van der Waals surface area contributed by atoms with Gasteiger partial charge < -0.3 is 10.2 Å². The van der Waals surface area contributed by atoms with Gasteiger partial charge in [0.2, 0.25) is 0 Å². The van der Waals surface area contributed by atoms with Crippen LogP contribution in [0.15, 0.2) is 0 Å². The summed E-state index contributed by atoms with van der Waals surface area (Å²) in [6.45, 7) is 3.22. The molecule has 1 fully saturated rings. The minimum absolute atomic E-state index is 0.617. The Morgan fingerprint density at radius 3 is 2.08 bits per heavy atom. The highest BCUT2D eigenvalue weighted by Crippen LogP contribution is 2.42. The van der Waals surface area contributed by atoms with Gasteiger partial charge in [-0.15, -0.1) is 0 Å². The number of rotatable bonds is 2. The lowest BCUT2D eigenvalue weighted by Gasteiger charge is -2.42. The smallest absolute Gasteiger partial charge is 0.312 e. The lowest BCUT2D eigenvalue weighted by Crippen LogP contribution is -2.50. The van der Waals surface area contributed by atoms with Crippen molar-refractivity contribution in [2.75, 3.05) is 0 Å². The van der Waals surface area contributed by atoms with Crippen LogP contribution in [0, 0.1) is 5.41 Å². The second-order valence-electron chi connectivity index (χ2n) is 4.52. The van der Waals surface area contributed by atoms with Crippen LogP contribution in [0.5, 0.6) is 0 Å². The number of aliphatic hydroxyl groups is 1. The van der Waals surface area contributed by atoms with E-state index < -0.39 is 17.0 Å². The molecule has 0 aromatic carbocycles. The standard InChI is InChI=1S/C10H18O3/c1-9(2,8(11)12)10(13)6-4-3-5-7-10/h13H,3-7H2,1-2H3,(H,11,12). The van der Waals surface area contributed by atoms with Crippen LogP contribution in [-0.2, 0) is 4.79 Å². The minimum atomic E-state index is -1.02. The third-order valence-electron chi connectivity index (χ3n) is 3.38. The van der Waals surface area contributed by atoms with Crippen molar-refractivity contribution in [1.82, 2.24) is 0 Å². The number of hydrogen-bond acceptors (Lipinski definition) is 2. The molecule has 1 aliphatic carbocycles. The molecular formula is C10H18O3. The van der Waals surface area contributed by atoms with Crippen molar-refractivity contribution in [3.05, 3.63) is 0 Å². The van der Waals surface area contributed by atoms with Crippen LogP contribution in [0.4, 0.5) is 0 Å². The monoisotopic (exact) mass is 186 g/mol. The molecule has 1 aliphatic rings. The highest BCUT2D eigenvalue weighted by Gasteiger charge is 2.49. The van der Waals surface area contributed by atoms with Gasteiger partial charge in [0, 0.05) is 0 Å². The highest BCUT2D eigenvalue weighted by atomic mass is 16.4. The fraction of sp³-hybridized carbons (Fsp3) is 0.900. The molecule has 76 valence electrons. The van der Waals surface area contributed by atoms with E-state index in [1.807, 2.05) is 0 Å². The van der Waals surface area contributed by atoms with Crippen LogP contribution < -0.4 is 0 Å². The van der Waals surface area contributed by atoms with Crippen LogP contribution in [-0.4, -0.2) is 21.8 Å². The van der Waals surface area contributed by atoms with Gasteiger partial charge in [-0.2, -0.15) is 0 Å². The van der Waals surface area contributed by atoms with Crippen molar-refractivity contribution in [3.8, 4) is 0 Å². The van der Waals surface area contributed by atoms with Crippen LogP contribution in [0.1, 0.15) is 46.0 Å². The van der Waals surface area contributed by atoms with Gasteiger partial charge in [0.1, 0.15) is 0 Å². The summed E-state index contributed by atoms with van der Waals surface area (Å²) in [6, 6.07) is 0. The van der Waals surface area contributed by atoms with Gasteiger partial charge in [-0.05, 0) is 26.7 Å². The molecule has 1 rings (SSSR count). The summed E-state index contributed by atoms with van der Waals surface area (Å²) in [7, 11) is 0. The Balaban J connectivity index is 2.82. The van der Waals surface area contributed by atoms with Gasteiger partial charge in [-0.3, -0.25) is 4.79 Å². The quantitative estimate of drug-likeness (QED) is 0.691. The molecule has 0 amide bonds. The molecule has 2 N–H and O–H groups in total. The van der Waals surface area contributed by atoms with E-state index in [1.165, 1.54) is 0 Å². The van der Waals surface area contributed by atoms with Gasteiger partial charge in [0.15, 0.2) is 0 Å². The predicted octanol–water partition coefficient (Wildman–Crippen LogP) is 1.79. The van der Waals surface area contributed by atoms with Crippen LogP contribution >= 0.6 is 0 Å². The van der Waals surface area contributed by atoms with Gasteiger partial charge in [-0.25, -0.2) is 0 Å². The van der Waals surface area contributed by atoms with E-state index in [-0.39, 0.29) is 0 Å². The Morgan fingerprint density at radius 1 is 1.23 bits per heavy atom. The minimum Gasteiger partial charge on any atom is -0.481 e. The molecule has 0 aromatic heterocycles. The molecule has 1 saturated carbocycles. The third-order valence-corrected chi connectivity index (χ3v) is 3.38. The normalized spacial score (nSPS) is 22.7. The van der Waals surface area contributed by atoms with Gasteiger partial charge in [0.05, 0.1) is 11.0 Å². The van der Waals surface area contributed by atoms with Crippen LogP contribution in [0.25, 0.3) is 0 Å². The number of aliphatic carboxylic acids is 1. The second kappa shape index (κ2) is 3.29. The Bertz CT molecular complexity index is 202. The first-order valence-electron chi connectivity index (χ1n) is 4.86. The molecule has 0 spiro atoms. The fourth-order valence-corrected chi connectivity index (χ4v) is 1.96. The summed E-state index contributed by atoms with van der Waals surface area (Å²) < 4.78 is 0. The van der Waals surface area contributed by atoms with E-state index in [0.717, 1.165) is 19.3 Å². The average Bonchev–Trinajstić information content (AvgIpc) is 2.05. The van der Waals surface area contributed by atoms with E-state index in [2.05, 4.69) is 0 Å². The SMILES string of the molecule is CC(C)(C(=O)O)C1(O)CCCCC1. The number of carboxylic acids is 1. The lowest BCUT2D eigenvalue weighted by atomic mass is 9.67. The summed E-state index contributed by atoms with van der Waals surface area (Å²) in [6.07, 6.45) is 4.22. The second-order valence-corrected chi connectivity index (χ2v) is 4.52. The molecule has 0 unspecified atom stereocenters. The largest absolute Gasteiger partial charge is 0.481 e. The summed E-state index contributed by atoms with van der Waals surface area (Å²) in [5, 5.41) is 19.2. The summed E-state index contributed by atoms with van der Waals surface area (Å²) in [4.78, 5) is 11.0. The Morgan fingerprint density at radius 2 is 1.69 bits per heavy atom. The molecule has 0 atom stereocenters. The lowest BCUT2D eigenvalue weighted by molar-refractivity contribution is -0.169. The zero-order chi connectivity index (χ0) is 10.1. The van der Waals surface area contributed by atoms with E-state index in [9.17, 15) is 9.90 Å². The van der Waals surface area contributed by atoms with E-state index in [0.29, 0.717) is 12.8 Å². The fourth-order valence-electron chi connectivity index (χ4n) is 1.96. The maximum atomic E-state index is 11.0. The average molecular weight is 186 g/mol. The molecule has 0 aliphatic heterocycles. The van der Waals surface area contributed by atoms with Crippen LogP contribution in [0.3, 0.4) is 0 Å². The number of hydrogen-bond donors (Lipinski definition) is 2. The highest BCUT2D eigenvalue weighted by molar-refractivity contribution is 5.75. The zero-order valence-corrected chi connectivity index (χ0v) is 8.34.